The monoisotopic (exact) mass is 433 g/mol. The van der Waals surface area contributed by atoms with E-state index in [-0.39, 0.29) is 37.6 Å². The Hall–Kier alpha value is -3.30. The van der Waals surface area contributed by atoms with Gasteiger partial charge in [-0.05, 0) is 42.2 Å². The summed E-state index contributed by atoms with van der Waals surface area (Å²) >= 11 is 0. The summed E-state index contributed by atoms with van der Waals surface area (Å²) in [4.78, 5) is 30.0. The molecular weight excluding hydrogens is 415 g/mol. The van der Waals surface area contributed by atoms with Crippen molar-refractivity contribution in [2.75, 3.05) is 25.2 Å². The number of rotatable bonds is 2. The summed E-state index contributed by atoms with van der Waals surface area (Å²) < 4.78 is 52.6. The van der Waals surface area contributed by atoms with E-state index in [0.29, 0.717) is 28.4 Å². The maximum atomic E-state index is 14.1. The van der Waals surface area contributed by atoms with E-state index in [1.807, 2.05) is 0 Å². The molecule has 2 aromatic rings. The summed E-state index contributed by atoms with van der Waals surface area (Å²) in [6, 6.07) is 6.15. The van der Waals surface area contributed by atoms with Crippen molar-refractivity contribution in [1.82, 2.24) is 9.88 Å². The number of pyridine rings is 1. The Morgan fingerprint density at radius 3 is 2.81 bits per heavy atom. The van der Waals surface area contributed by atoms with Gasteiger partial charge in [-0.1, -0.05) is 0 Å². The van der Waals surface area contributed by atoms with Gasteiger partial charge in [0, 0.05) is 30.4 Å². The minimum Gasteiger partial charge on any atom is -0.454 e. The summed E-state index contributed by atoms with van der Waals surface area (Å²) in [5.74, 6) is -2.15. The molecule has 5 rings (SSSR count). The Bertz CT molecular complexity index is 1070. The highest BCUT2D eigenvalue weighted by Crippen LogP contribution is 2.45. The number of halogens is 3. The molecule has 1 fully saturated rings. The van der Waals surface area contributed by atoms with Gasteiger partial charge in [-0.2, -0.15) is 13.2 Å². The molecule has 1 N–H and O–H groups in total. The van der Waals surface area contributed by atoms with Crippen molar-refractivity contribution >= 4 is 17.6 Å². The molecule has 0 aliphatic carbocycles. The zero-order chi connectivity index (χ0) is 21.8. The highest BCUT2D eigenvalue weighted by atomic mass is 19.4. The number of nitrogens with one attached hydrogen (secondary N) is 1. The van der Waals surface area contributed by atoms with E-state index in [2.05, 4.69) is 10.3 Å². The number of carbonyl (C=O) groups is 2. The fourth-order valence-electron chi connectivity index (χ4n) is 4.54. The van der Waals surface area contributed by atoms with Crippen LogP contribution in [0.1, 0.15) is 33.8 Å². The Labute approximate surface area is 175 Å². The van der Waals surface area contributed by atoms with Crippen molar-refractivity contribution in [2.45, 2.75) is 24.9 Å². The van der Waals surface area contributed by atoms with Crippen LogP contribution in [0.25, 0.3) is 0 Å². The number of likely N-dealkylation sites (tertiary alicyclic amines) is 1. The third-order valence-corrected chi connectivity index (χ3v) is 6.03. The fraction of sp³-hybridized carbons (Fsp3) is 0.381. The van der Waals surface area contributed by atoms with Crippen LogP contribution in [0.3, 0.4) is 0 Å². The summed E-state index contributed by atoms with van der Waals surface area (Å²) in [6.45, 7) is -0.245. The van der Waals surface area contributed by atoms with Gasteiger partial charge in [0.15, 0.2) is 11.5 Å². The predicted octanol–water partition coefficient (Wildman–Crippen LogP) is 3.11. The van der Waals surface area contributed by atoms with E-state index in [0.717, 1.165) is 0 Å². The number of hydrogen-bond donors (Lipinski definition) is 1. The maximum Gasteiger partial charge on any atom is 0.394 e. The molecule has 1 aromatic heterocycles. The standard InChI is InChI=1S/C21H18F3N3O4/c22-21(23,24)15-9-27(20(29)11-1-2-16-17(7-11)31-10-30-16)6-4-13(15)12-3-5-25-19-14(12)8-18(28)26-19/h1-3,5,7,13,15H,4,6,8-10H2,(H,25,26,28). The molecule has 4 heterocycles. The van der Waals surface area contributed by atoms with Gasteiger partial charge >= 0.3 is 6.18 Å². The van der Waals surface area contributed by atoms with Gasteiger partial charge in [-0.15, -0.1) is 0 Å². The maximum absolute atomic E-state index is 14.1. The molecule has 0 bridgehead atoms. The number of fused-ring (bicyclic) bond motifs is 2. The van der Waals surface area contributed by atoms with Crippen molar-refractivity contribution in [3.05, 3.63) is 47.2 Å². The second-order valence-corrected chi connectivity index (χ2v) is 7.81. The lowest BCUT2D eigenvalue weighted by atomic mass is 9.78. The Morgan fingerprint density at radius 1 is 1.19 bits per heavy atom. The van der Waals surface area contributed by atoms with Gasteiger partial charge in [-0.25, -0.2) is 4.98 Å². The fourth-order valence-corrected chi connectivity index (χ4v) is 4.54. The van der Waals surface area contributed by atoms with Crippen LogP contribution in [0.5, 0.6) is 11.5 Å². The van der Waals surface area contributed by atoms with Crippen molar-refractivity contribution in [3.63, 3.8) is 0 Å². The van der Waals surface area contributed by atoms with Gasteiger partial charge in [0.25, 0.3) is 5.91 Å². The number of nitrogens with zero attached hydrogens (tertiary/aromatic N) is 2. The summed E-state index contributed by atoms with van der Waals surface area (Å²) in [5, 5.41) is 2.58. The van der Waals surface area contributed by atoms with E-state index in [4.69, 9.17) is 9.47 Å². The third kappa shape index (κ3) is 3.45. The van der Waals surface area contributed by atoms with Crippen LogP contribution in [-0.2, 0) is 11.2 Å². The first kappa shape index (κ1) is 19.7. The van der Waals surface area contributed by atoms with E-state index < -0.39 is 30.5 Å². The molecule has 1 saturated heterocycles. The van der Waals surface area contributed by atoms with Crippen molar-refractivity contribution < 1.29 is 32.2 Å². The van der Waals surface area contributed by atoms with Gasteiger partial charge in [-0.3, -0.25) is 9.59 Å². The third-order valence-electron chi connectivity index (χ3n) is 6.03. The molecule has 2 amide bonds. The summed E-state index contributed by atoms with van der Waals surface area (Å²) in [5.41, 5.74) is 1.24. The lowest BCUT2D eigenvalue weighted by Gasteiger charge is -2.40. The second kappa shape index (κ2) is 7.14. The molecule has 3 aliphatic rings. The zero-order valence-corrected chi connectivity index (χ0v) is 16.2. The lowest BCUT2D eigenvalue weighted by molar-refractivity contribution is -0.189. The van der Waals surface area contributed by atoms with Gasteiger partial charge in [0.1, 0.15) is 5.82 Å². The molecule has 7 nitrogen and oxygen atoms in total. The van der Waals surface area contributed by atoms with Gasteiger partial charge < -0.3 is 19.7 Å². The average Bonchev–Trinajstić information content (AvgIpc) is 3.36. The first-order valence-electron chi connectivity index (χ1n) is 9.84. The Kier molecular flexibility index (Phi) is 4.53. The number of amides is 2. The molecule has 162 valence electrons. The number of aromatic nitrogens is 1. The number of anilines is 1. The minimum atomic E-state index is -4.51. The largest absolute Gasteiger partial charge is 0.454 e. The Morgan fingerprint density at radius 2 is 2.00 bits per heavy atom. The molecule has 2 atom stereocenters. The van der Waals surface area contributed by atoms with E-state index in [1.54, 1.807) is 12.1 Å². The molecule has 0 spiro atoms. The highest BCUT2D eigenvalue weighted by Gasteiger charge is 2.49. The first-order valence-corrected chi connectivity index (χ1v) is 9.84. The van der Waals surface area contributed by atoms with Gasteiger partial charge in [0.2, 0.25) is 12.7 Å². The number of ether oxygens (including phenoxy) is 2. The van der Waals surface area contributed by atoms with Crippen molar-refractivity contribution in [2.24, 2.45) is 5.92 Å². The molecule has 10 heteroatoms. The molecule has 0 radical (unpaired) electrons. The predicted molar refractivity (Wildman–Crippen MR) is 102 cm³/mol. The molecule has 3 aliphatic heterocycles. The van der Waals surface area contributed by atoms with Crippen LogP contribution in [-0.4, -0.2) is 47.8 Å². The molecule has 2 unspecified atom stereocenters. The number of benzene rings is 1. The van der Waals surface area contributed by atoms with Crippen LogP contribution >= 0.6 is 0 Å². The average molecular weight is 433 g/mol. The lowest BCUT2D eigenvalue weighted by Crippen LogP contribution is -2.48. The van der Waals surface area contributed by atoms with E-state index in [1.165, 1.54) is 23.2 Å². The Balaban J connectivity index is 1.42. The molecule has 0 saturated carbocycles. The number of piperidine rings is 1. The smallest absolute Gasteiger partial charge is 0.394 e. The highest BCUT2D eigenvalue weighted by molar-refractivity contribution is 5.98. The van der Waals surface area contributed by atoms with Crippen LogP contribution < -0.4 is 14.8 Å². The number of hydrogen-bond acceptors (Lipinski definition) is 5. The summed E-state index contributed by atoms with van der Waals surface area (Å²) in [7, 11) is 0. The quantitative estimate of drug-likeness (QED) is 0.787. The second-order valence-electron chi connectivity index (χ2n) is 7.81. The van der Waals surface area contributed by atoms with Crippen LogP contribution in [0, 0.1) is 5.92 Å². The number of carbonyl (C=O) groups excluding carboxylic acids is 2. The van der Waals surface area contributed by atoms with Crippen LogP contribution in [0.15, 0.2) is 30.5 Å². The molecule has 31 heavy (non-hydrogen) atoms. The van der Waals surface area contributed by atoms with Crippen LogP contribution in [0.4, 0.5) is 19.0 Å². The molecule has 1 aromatic carbocycles. The SMILES string of the molecule is O=C1Cc2c(C3CCN(C(=O)c4ccc5c(c4)OCO5)CC3C(F)(F)F)ccnc2N1. The number of alkyl halides is 3. The zero-order valence-electron chi connectivity index (χ0n) is 16.2. The van der Waals surface area contributed by atoms with Gasteiger partial charge in [0.05, 0.1) is 12.3 Å². The topological polar surface area (TPSA) is 80.8 Å². The van der Waals surface area contributed by atoms with E-state index in [9.17, 15) is 22.8 Å². The van der Waals surface area contributed by atoms with Crippen LogP contribution in [0.2, 0.25) is 0 Å². The summed E-state index contributed by atoms with van der Waals surface area (Å²) in [6.07, 6.45) is -2.95. The van der Waals surface area contributed by atoms with E-state index >= 15 is 0 Å². The normalized spacial score (nSPS) is 22.3. The van der Waals surface area contributed by atoms with Crippen molar-refractivity contribution in [3.8, 4) is 11.5 Å². The van der Waals surface area contributed by atoms with Crippen molar-refractivity contribution in [1.29, 1.82) is 0 Å². The molecular formula is C21H18F3N3O4. The first-order chi connectivity index (χ1) is 14.8. The minimum absolute atomic E-state index is 0.0133.